The highest BCUT2D eigenvalue weighted by molar-refractivity contribution is 5.92. The molecule has 2 amide bonds. The van der Waals surface area contributed by atoms with Crippen LogP contribution in [0.3, 0.4) is 0 Å². The van der Waals surface area contributed by atoms with Gasteiger partial charge in [0, 0.05) is 13.1 Å². The van der Waals surface area contributed by atoms with Crippen molar-refractivity contribution in [3.8, 4) is 0 Å². The maximum atomic E-state index is 13.2. The molecule has 0 N–H and O–H groups in total. The summed E-state index contributed by atoms with van der Waals surface area (Å²) < 4.78 is 11.0. The Hall–Kier alpha value is -4.72. The predicted molar refractivity (Wildman–Crippen MR) is 234 cm³/mol. The number of hydrogen-bond acceptors (Lipinski definition) is 6. The van der Waals surface area contributed by atoms with Gasteiger partial charge in [0.2, 0.25) is 11.8 Å². The molecular formula is C50H66N2O6. The van der Waals surface area contributed by atoms with Crippen molar-refractivity contribution in [2.75, 3.05) is 26.3 Å². The van der Waals surface area contributed by atoms with Gasteiger partial charge in [0.05, 0.1) is 25.0 Å². The number of rotatable bonds is 10. The van der Waals surface area contributed by atoms with Gasteiger partial charge in [-0.05, 0) is 110 Å². The molecule has 312 valence electrons. The molecule has 4 aromatic carbocycles. The summed E-state index contributed by atoms with van der Waals surface area (Å²) in [6.45, 7) is 22.8. The minimum absolute atomic E-state index is 0.00623. The zero-order chi connectivity index (χ0) is 42.4. The van der Waals surface area contributed by atoms with E-state index in [2.05, 4.69) is 116 Å². The van der Waals surface area contributed by atoms with Crippen LogP contribution in [0.25, 0.3) is 21.5 Å². The van der Waals surface area contributed by atoms with Crippen LogP contribution in [0.1, 0.15) is 128 Å². The molecule has 8 heteroatoms. The fourth-order valence-corrected chi connectivity index (χ4v) is 7.75. The maximum absolute atomic E-state index is 13.2. The summed E-state index contributed by atoms with van der Waals surface area (Å²) in [5.74, 6) is -1.09. The molecule has 2 aliphatic heterocycles. The number of esters is 2. The summed E-state index contributed by atoms with van der Waals surface area (Å²) in [6, 6.07) is 24.1. The highest BCUT2D eigenvalue weighted by atomic mass is 16.5. The van der Waals surface area contributed by atoms with Gasteiger partial charge in [-0.3, -0.25) is 9.59 Å². The molecule has 0 spiro atoms. The number of carbonyl (C=O) groups is 4. The second-order valence-electron chi connectivity index (χ2n) is 19.0. The average molecular weight is 791 g/mol. The predicted octanol–water partition coefficient (Wildman–Crippen LogP) is 10.4. The first-order chi connectivity index (χ1) is 27.3. The summed E-state index contributed by atoms with van der Waals surface area (Å²) >= 11 is 0. The number of nitrogens with zero attached hydrogens (tertiary/aromatic N) is 2. The van der Waals surface area contributed by atoms with Crippen molar-refractivity contribution < 1.29 is 28.7 Å². The molecular weight excluding hydrogens is 725 g/mol. The van der Waals surface area contributed by atoms with E-state index in [1.165, 1.54) is 21.9 Å². The summed E-state index contributed by atoms with van der Waals surface area (Å²) in [6.07, 6.45) is 4.68. The number of fused-ring (bicyclic) bond motifs is 2. The van der Waals surface area contributed by atoms with E-state index in [9.17, 15) is 19.2 Å². The molecule has 4 atom stereocenters. The van der Waals surface area contributed by atoms with Gasteiger partial charge in [-0.2, -0.15) is 0 Å². The molecule has 4 aromatic rings. The third-order valence-corrected chi connectivity index (χ3v) is 11.6. The Morgan fingerprint density at radius 3 is 1.28 bits per heavy atom. The third-order valence-electron chi connectivity index (χ3n) is 11.6. The molecule has 1 unspecified atom stereocenters. The molecule has 2 fully saturated rings. The van der Waals surface area contributed by atoms with Gasteiger partial charge in [0.15, 0.2) is 0 Å². The van der Waals surface area contributed by atoms with Crippen LogP contribution in [-0.2, 0) is 28.7 Å². The van der Waals surface area contributed by atoms with Crippen molar-refractivity contribution >= 4 is 45.3 Å². The van der Waals surface area contributed by atoms with Crippen LogP contribution in [0.15, 0.2) is 72.8 Å². The minimum atomic E-state index is -0.451. The fraction of sp³-hybridized carbons (Fsp3) is 0.520. The Labute approximate surface area is 346 Å². The molecule has 58 heavy (non-hydrogen) atoms. The number of amides is 2. The second-order valence-corrected chi connectivity index (χ2v) is 19.0. The monoisotopic (exact) mass is 790 g/mol. The molecule has 0 radical (unpaired) electrons. The van der Waals surface area contributed by atoms with E-state index in [0.717, 1.165) is 47.6 Å². The summed E-state index contributed by atoms with van der Waals surface area (Å²) in [5, 5.41) is 4.62. The fourth-order valence-electron chi connectivity index (χ4n) is 7.75. The Bertz CT molecular complexity index is 1940. The highest BCUT2D eigenvalue weighted by Gasteiger charge is 2.38. The maximum Gasteiger partial charge on any atom is 0.328 e. The Kier molecular flexibility index (Phi) is 14.5. The van der Waals surface area contributed by atoms with E-state index in [-0.39, 0.29) is 46.4 Å². The smallest absolute Gasteiger partial charge is 0.328 e. The van der Waals surface area contributed by atoms with Crippen molar-refractivity contribution in [2.24, 2.45) is 10.8 Å². The third kappa shape index (κ3) is 11.7. The van der Waals surface area contributed by atoms with Gasteiger partial charge in [-0.15, -0.1) is 0 Å². The van der Waals surface area contributed by atoms with E-state index in [0.29, 0.717) is 39.1 Å². The van der Waals surface area contributed by atoms with Crippen LogP contribution >= 0.6 is 0 Å². The molecule has 6 rings (SSSR count). The number of ether oxygens (including phenoxy) is 2. The molecule has 0 aliphatic carbocycles. The van der Waals surface area contributed by atoms with Gasteiger partial charge in [0.1, 0.15) is 12.1 Å². The average Bonchev–Trinajstić information content (AvgIpc) is 3.87. The summed E-state index contributed by atoms with van der Waals surface area (Å²) in [7, 11) is 0. The zero-order valence-corrected chi connectivity index (χ0v) is 36.7. The topological polar surface area (TPSA) is 93.2 Å². The van der Waals surface area contributed by atoms with Crippen molar-refractivity contribution in [3.63, 3.8) is 0 Å². The largest absolute Gasteiger partial charge is 0.464 e. The van der Waals surface area contributed by atoms with Crippen molar-refractivity contribution in [2.45, 2.75) is 132 Å². The van der Waals surface area contributed by atoms with Crippen molar-refractivity contribution in [1.82, 2.24) is 9.80 Å². The lowest BCUT2D eigenvalue weighted by molar-refractivity contribution is -0.154. The van der Waals surface area contributed by atoms with Crippen molar-refractivity contribution in [1.29, 1.82) is 0 Å². The normalized spacial score (nSPS) is 18.1. The molecule has 2 heterocycles. The molecule has 0 aromatic heterocycles. The lowest BCUT2D eigenvalue weighted by Crippen LogP contribution is -2.43. The van der Waals surface area contributed by atoms with Gasteiger partial charge < -0.3 is 19.3 Å². The number of aryl methyl sites for hydroxylation is 2. The van der Waals surface area contributed by atoms with Gasteiger partial charge in [-0.25, -0.2) is 9.59 Å². The van der Waals surface area contributed by atoms with Gasteiger partial charge in [0.25, 0.3) is 0 Å². The second kappa shape index (κ2) is 18.9. The Balaban J connectivity index is 0.000000221. The standard InChI is InChI=1S/2C25H33NO3/c2*1-17-8-9-21-16-19(10-11-20(21)15-17)18(2)23(27)26-13-6-7-22(26)24(28)29-14-12-25(3,4)5/h2*8-11,15-16,18,22H,6-7,12-14H2,1-5H3/t18-,22?;18-,22-/m00/s1. The molecule has 8 nitrogen and oxygen atoms in total. The van der Waals surface area contributed by atoms with Crippen LogP contribution in [0.5, 0.6) is 0 Å². The first-order valence-corrected chi connectivity index (χ1v) is 21.3. The van der Waals surface area contributed by atoms with Gasteiger partial charge in [-0.1, -0.05) is 125 Å². The van der Waals surface area contributed by atoms with E-state index < -0.39 is 12.1 Å². The van der Waals surface area contributed by atoms with Crippen LogP contribution in [0.4, 0.5) is 0 Å². The van der Waals surface area contributed by atoms with Crippen LogP contribution in [-0.4, -0.2) is 71.9 Å². The zero-order valence-electron chi connectivity index (χ0n) is 36.7. The summed E-state index contributed by atoms with van der Waals surface area (Å²) in [4.78, 5) is 55.0. The number of hydrogen-bond donors (Lipinski definition) is 0. The Morgan fingerprint density at radius 2 is 0.914 bits per heavy atom. The summed E-state index contributed by atoms with van der Waals surface area (Å²) in [5.41, 5.74) is 4.65. The number of benzene rings is 4. The molecule has 0 saturated carbocycles. The highest BCUT2D eigenvalue weighted by Crippen LogP contribution is 2.30. The van der Waals surface area contributed by atoms with E-state index in [4.69, 9.17) is 9.47 Å². The minimum Gasteiger partial charge on any atom is -0.464 e. The lowest BCUT2D eigenvalue weighted by Gasteiger charge is -2.27. The van der Waals surface area contributed by atoms with E-state index in [1.807, 2.05) is 26.0 Å². The lowest BCUT2D eigenvalue weighted by atomic mass is 9.93. The van der Waals surface area contributed by atoms with Crippen LogP contribution < -0.4 is 0 Å². The SMILES string of the molecule is Cc1ccc2cc([C@H](C)C(=O)N3CCCC3C(=O)OCCC(C)(C)C)ccc2c1.Cc1ccc2cc([C@H](C)C(=O)N3CCC[C@H]3C(=O)OCCC(C)(C)C)ccc2c1. The van der Waals surface area contributed by atoms with Crippen LogP contribution in [0, 0.1) is 24.7 Å². The molecule has 2 aliphatic rings. The van der Waals surface area contributed by atoms with E-state index >= 15 is 0 Å². The van der Waals surface area contributed by atoms with Gasteiger partial charge >= 0.3 is 11.9 Å². The quantitative estimate of drug-likeness (QED) is 0.149. The number of likely N-dealkylation sites (tertiary alicyclic amines) is 2. The first-order valence-electron chi connectivity index (χ1n) is 21.3. The van der Waals surface area contributed by atoms with E-state index in [1.54, 1.807) is 9.80 Å². The van der Waals surface area contributed by atoms with Crippen LogP contribution in [0.2, 0.25) is 0 Å². The Morgan fingerprint density at radius 1 is 0.569 bits per heavy atom. The molecule has 0 bridgehead atoms. The first kappa shape index (κ1) is 44.4. The van der Waals surface area contributed by atoms with Crippen molar-refractivity contribution in [3.05, 3.63) is 95.1 Å². The number of carbonyl (C=O) groups excluding carboxylic acids is 4. The molecule has 2 saturated heterocycles.